The molecule has 17 heavy (non-hydrogen) atoms. The Bertz CT molecular complexity index is 563. The first-order valence-electron chi connectivity index (χ1n) is 5.06. The number of halogens is 1. The van der Waals surface area contributed by atoms with Gasteiger partial charge < -0.3 is 9.73 Å². The van der Waals surface area contributed by atoms with Crippen molar-refractivity contribution in [1.29, 1.82) is 0 Å². The van der Waals surface area contributed by atoms with Crippen molar-refractivity contribution in [2.45, 2.75) is 13.8 Å². The summed E-state index contributed by atoms with van der Waals surface area (Å²) >= 11 is 3.37. The molecule has 0 saturated carbocycles. The van der Waals surface area contributed by atoms with Crippen LogP contribution in [-0.4, -0.2) is 10.9 Å². The number of carbonyl (C=O) groups excluding carboxylic acids is 1. The van der Waals surface area contributed by atoms with Crippen molar-refractivity contribution in [3.05, 3.63) is 46.1 Å². The van der Waals surface area contributed by atoms with Crippen LogP contribution in [0, 0.1) is 13.8 Å². The van der Waals surface area contributed by atoms with E-state index in [1.165, 1.54) is 6.20 Å². The molecular formula is C12H11BrN2O2. The first kappa shape index (κ1) is 11.9. The van der Waals surface area contributed by atoms with Gasteiger partial charge in [0.1, 0.15) is 0 Å². The van der Waals surface area contributed by atoms with Crippen molar-refractivity contribution >= 4 is 27.5 Å². The number of anilines is 1. The number of rotatable bonds is 2. The zero-order valence-corrected chi connectivity index (χ0v) is 11.0. The Balaban J connectivity index is 2.18. The molecule has 0 bridgehead atoms. The topological polar surface area (TPSA) is 55.1 Å². The second-order valence-corrected chi connectivity index (χ2v) is 4.57. The highest BCUT2D eigenvalue weighted by Crippen LogP contribution is 2.20. The molecule has 0 atom stereocenters. The Hall–Kier alpha value is -1.62. The summed E-state index contributed by atoms with van der Waals surface area (Å²) in [6, 6.07) is 5.63. The maximum Gasteiger partial charge on any atom is 0.293 e. The molecule has 0 fully saturated rings. The minimum atomic E-state index is -0.295. The maximum absolute atomic E-state index is 11.8. The molecule has 0 unspecified atom stereocenters. The fourth-order valence-electron chi connectivity index (χ4n) is 1.42. The van der Waals surface area contributed by atoms with Crippen LogP contribution < -0.4 is 5.32 Å². The molecule has 0 aliphatic carbocycles. The van der Waals surface area contributed by atoms with Gasteiger partial charge in [0.15, 0.2) is 5.89 Å². The smallest absolute Gasteiger partial charge is 0.293 e. The third-order valence-electron chi connectivity index (χ3n) is 2.28. The molecule has 4 nitrogen and oxygen atoms in total. The Morgan fingerprint density at radius 2 is 2.18 bits per heavy atom. The SMILES string of the molecule is Cc1ncc(C(=O)Nc2ccc(Br)cc2C)o1. The van der Waals surface area contributed by atoms with E-state index in [2.05, 4.69) is 26.2 Å². The van der Waals surface area contributed by atoms with E-state index in [0.717, 1.165) is 15.7 Å². The number of hydrogen-bond acceptors (Lipinski definition) is 3. The fraction of sp³-hybridized carbons (Fsp3) is 0.167. The van der Waals surface area contributed by atoms with Gasteiger partial charge in [0.05, 0.1) is 6.20 Å². The number of benzene rings is 1. The van der Waals surface area contributed by atoms with E-state index < -0.39 is 0 Å². The minimum Gasteiger partial charge on any atom is -0.436 e. The van der Waals surface area contributed by atoms with Crippen molar-refractivity contribution in [2.75, 3.05) is 5.32 Å². The zero-order chi connectivity index (χ0) is 12.4. The van der Waals surface area contributed by atoms with Crippen molar-refractivity contribution in [3.63, 3.8) is 0 Å². The van der Waals surface area contributed by atoms with Crippen LogP contribution in [0.1, 0.15) is 22.0 Å². The minimum absolute atomic E-state index is 0.213. The maximum atomic E-state index is 11.8. The number of aryl methyl sites for hydroxylation is 2. The number of aromatic nitrogens is 1. The first-order valence-corrected chi connectivity index (χ1v) is 5.85. The predicted molar refractivity (Wildman–Crippen MR) is 68.1 cm³/mol. The molecule has 0 radical (unpaired) electrons. The number of hydrogen-bond donors (Lipinski definition) is 1. The molecule has 1 aromatic carbocycles. The van der Waals surface area contributed by atoms with E-state index in [4.69, 9.17) is 4.42 Å². The normalized spacial score (nSPS) is 10.3. The summed E-state index contributed by atoms with van der Waals surface area (Å²) in [7, 11) is 0. The summed E-state index contributed by atoms with van der Waals surface area (Å²) < 4.78 is 6.12. The molecule has 1 N–H and O–H groups in total. The van der Waals surface area contributed by atoms with Gasteiger partial charge in [-0.05, 0) is 30.7 Å². The van der Waals surface area contributed by atoms with Crippen molar-refractivity contribution in [1.82, 2.24) is 4.98 Å². The van der Waals surface area contributed by atoms with Crippen LogP contribution in [0.15, 0.2) is 33.3 Å². The van der Waals surface area contributed by atoms with Crippen molar-refractivity contribution < 1.29 is 9.21 Å². The van der Waals surface area contributed by atoms with Crippen LogP contribution in [0.5, 0.6) is 0 Å². The lowest BCUT2D eigenvalue weighted by molar-refractivity contribution is 0.0995. The molecule has 1 heterocycles. The average Bonchev–Trinajstić information content (AvgIpc) is 2.69. The zero-order valence-electron chi connectivity index (χ0n) is 9.45. The van der Waals surface area contributed by atoms with Crippen LogP contribution in [0.25, 0.3) is 0 Å². The second-order valence-electron chi connectivity index (χ2n) is 3.66. The molecule has 2 aromatic rings. The molecule has 5 heteroatoms. The van der Waals surface area contributed by atoms with E-state index in [1.54, 1.807) is 6.92 Å². The predicted octanol–water partition coefficient (Wildman–Crippen LogP) is 3.31. The second kappa shape index (κ2) is 4.71. The van der Waals surface area contributed by atoms with E-state index in [1.807, 2.05) is 25.1 Å². The van der Waals surface area contributed by atoms with Crippen LogP contribution in [0.4, 0.5) is 5.69 Å². The summed E-state index contributed by atoms with van der Waals surface area (Å²) in [4.78, 5) is 15.7. The highest BCUT2D eigenvalue weighted by atomic mass is 79.9. The number of nitrogens with zero attached hydrogens (tertiary/aromatic N) is 1. The van der Waals surface area contributed by atoms with Crippen LogP contribution in [-0.2, 0) is 0 Å². The van der Waals surface area contributed by atoms with Crippen molar-refractivity contribution in [3.8, 4) is 0 Å². The summed E-state index contributed by atoms with van der Waals surface area (Å²) in [6.45, 7) is 3.62. The Kier molecular flexibility index (Phi) is 3.28. The van der Waals surface area contributed by atoms with Gasteiger partial charge in [-0.3, -0.25) is 4.79 Å². The third kappa shape index (κ3) is 2.74. The van der Waals surface area contributed by atoms with Gasteiger partial charge in [-0.25, -0.2) is 4.98 Å². The van der Waals surface area contributed by atoms with Gasteiger partial charge in [0.25, 0.3) is 5.91 Å². The summed E-state index contributed by atoms with van der Waals surface area (Å²) in [5, 5.41) is 2.77. The highest BCUT2D eigenvalue weighted by Gasteiger charge is 2.12. The van der Waals surface area contributed by atoms with Crippen molar-refractivity contribution in [2.24, 2.45) is 0 Å². The van der Waals surface area contributed by atoms with E-state index >= 15 is 0 Å². The van der Waals surface area contributed by atoms with Gasteiger partial charge in [0.2, 0.25) is 5.76 Å². The first-order chi connectivity index (χ1) is 8.06. The summed E-state index contributed by atoms with van der Waals surface area (Å²) in [5.41, 5.74) is 1.73. The molecule has 1 aromatic heterocycles. The largest absolute Gasteiger partial charge is 0.436 e. The Morgan fingerprint density at radius 1 is 1.41 bits per heavy atom. The summed E-state index contributed by atoms with van der Waals surface area (Å²) in [6.07, 6.45) is 1.42. The van der Waals surface area contributed by atoms with Crippen LogP contribution in [0.2, 0.25) is 0 Å². The van der Waals surface area contributed by atoms with Gasteiger partial charge >= 0.3 is 0 Å². The lowest BCUT2D eigenvalue weighted by Gasteiger charge is -2.06. The molecular weight excluding hydrogens is 284 g/mol. The molecule has 2 rings (SSSR count). The molecule has 1 amide bonds. The number of nitrogens with one attached hydrogen (secondary N) is 1. The lowest BCUT2D eigenvalue weighted by Crippen LogP contribution is -2.11. The standard InChI is InChI=1S/C12H11BrN2O2/c1-7-5-9(13)3-4-10(7)15-12(16)11-6-14-8(2)17-11/h3-6H,1-2H3,(H,15,16). The monoisotopic (exact) mass is 294 g/mol. The molecule has 88 valence electrons. The Labute approximate surface area is 107 Å². The van der Waals surface area contributed by atoms with E-state index in [0.29, 0.717) is 5.89 Å². The van der Waals surface area contributed by atoms with Crippen LogP contribution in [0.3, 0.4) is 0 Å². The number of amides is 1. The quantitative estimate of drug-likeness (QED) is 0.924. The van der Waals surface area contributed by atoms with Gasteiger partial charge in [-0.15, -0.1) is 0 Å². The average molecular weight is 295 g/mol. The van der Waals surface area contributed by atoms with Gasteiger partial charge in [-0.2, -0.15) is 0 Å². The molecule has 0 spiro atoms. The third-order valence-corrected chi connectivity index (χ3v) is 2.77. The molecule has 0 aliphatic heterocycles. The highest BCUT2D eigenvalue weighted by molar-refractivity contribution is 9.10. The fourth-order valence-corrected chi connectivity index (χ4v) is 1.89. The van der Waals surface area contributed by atoms with Crippen LogP contribution >= 0.6 is 15.9 Å². The Morgan fingerprint density at radius 3 is 2.76 bits per heavy atom. The van der Waals surface area contributed by atoms with Gasteiger partial charge in [0, 0.05) is 17.1 Å². The molecule has 0 saturated heterocycles. The number of oxazole rings is 1. The van der Waals surface area contributed by atoms with E-state index in [9.17, 15) is 4.79 Å². The van der Waals surface area contributed by atoms with E-state index in [-0.39, 0.29) is 11.7 Å². The van der Waals surface area contributed by atoms with Gasteiger partial charge in [-0.1, -0.05) is 15.9 Å². The lowest BCUT2D eigenvalue weighted by atomic mass is 10.2. The number of carbonyl (C=O) groups is 1. The molecule has 0 aliphatic rings. The summed E-state index contributed by atoms with van der Waals surface area (Å²) in [5.74, 6) is 0.392.